The number of halogens is 1. The molecule has 0 atom stereocenters. The summed E-state index contributed by atoms with van der Waals surface area (Å²) in [7, 11) is 0. The van der Waals surface area contributed by atoms with E-state index >= 15 is 0 Å². The van der Waals surface area contributed by atoms with Crippen LogP contribution in [-0.2, 0) is 0 Å². The van der Waals surface area contributed by atoms with Crippen LogP contribution in [0.2, 0.25) is 5.02 Å². The minimum absolute atomic E-state index is 0.588. The van der Waals surface area contributed by atoms with Crippen LogP contribution in [0.25, 0.3) is 22.4 Å². The maximum atomic E-state index is 6.08. The van der Waals surface area contributed by atoms with Gasteiger partial charge in [-0.25, -0.2) is 0 Å². The predicted octanol–water partition coefficient (Wildman–Crippen LogP) is 4.04. The topological polar surface area (TPSA) is 52.0 Å². The minimum atomic E-state index is 0.588. The molecular weight excluding hydrogens is 248 g/mol. The van der Waals surface area contributed by atoms with Crippen molar-refractivity contribution < 1.29 is 4.42 Å². The van der Waals surface area contributed by atoms with Gasteiger partial charge in [-0.2, -0.15) is 0 Å². The van der Waals surface area contributed by atoms with E-state index in [4.69, 9.17) is 21.8 Å². The molecule has 2 N–H and O–H groups in total. The Hall–Kier alpha value is -2.00. The van der Waals surface area contributed by atoms with Gasteiger partial charge in [0, 0.05) is 11.6 Å². The highest BCUT2D eigenvalue weighted by molar-refractivity contribution is 6.34. The lowest BCUT2D eigenvalue weighted by Gasteiger charge is -2.03. The van der Waals surface area contributed by atoms with Crippen LogP contribution in [0, 0.1) is 6.92 Å². The van der Waals surface area contributed by atoms with Crippen LogP contribution in [-0.4, -0.2) is 4.98 Å². The monoisotopic (exact) mass is 258 g/mol. The molecule has 0 saturated heterocycles. The van der Waals surface area contributed by atoms with Gasteiger partial charge >= 0.3 is 0 Å². The van der Waals surface area contributed by atoms with Crippen molar-refractivity contribution in [3.63, 3.8) is 0 Å². The molecule has 0 spiro atoms. The molecule has 2 aromatic heterocycles. The minimum Gasteiger partial charge on any atom is -0.453 e. The fourth-order valence-electron chi connectivity index (χ4n) is 1.91. The number of benzene rings is 1. The summed E-state index contributed by atoms with van der Waals surface area (Å²) in [4.78, 5) is 4.27. The average molecular weight is 259 g/mol. The average Bonchev–Trinajstić information content (AvgIpc) is 2.78. The molecule has 4 heteroatoms. The SMILES string of the molecule is Cc1ccnc(-c2cc3cccc(Cl)c3o2)c1N. The fraction of sp³-hybridized carbons (Fsp3) is 0.0714. The Labute approximate surface area is 109 Å². The first-order valence-corrected chi connectivity index (χ1v) is 5.94. The molecule has 3 rings (SSSR count). The summed E-state index contributed by atoms with van der Waals surface area (Å²) in [5.74, 6) is 0.638. The predicted molar refractivity (Wildman–Crippen MR) is 73.6 cm³/mol. The van der Waals surface area contributed by atoms with E-state index in [-0.39, 0.29) is 0 Å². The van der Waals surface area contributed by atoms with Gasteiger partial charge in [0.2, 0.25) is 0 Å². The zero-order valence-corrected chi connectivity index (χ0v) is 10.5. The number of hydrogen-bond acceptors (Lipinski definition) is 3. The van der Waals surface area contributed by atoms with Crippen molar-refractivity contribution in [2.24, 2.45) is 0 Å². The van der Waals surface area contributed by atoms with Crippen LogP contribution in [0.4, 0.5) is 5.69 Å². The Morgan fingerprint density at radius 3 is 2.89 bits per heavy atom. The van der Waals surface area contributed by atoms with Gasteiger partial charge in [-0.1, -0.05) is 23.7 Å². The van der Waals surface area contributed by atoms with Gasteiger partial charge in [0.25, 0.3) is 0 Å². The number of rotatable bonds is 1. The second-order valence-electron chi connectivity index (χ2n) is 4.16. The zero-order valence-electron chi connectivity index (χ0n) is 9.77. The van der Waals surface area contributed by atoms with E-state index in [0.717, 1.165) is 10.9 Å². The number of pyridine rings is 1. The Kier molecular flexibility index (Phi) is 2.49. The number of aryl methyl sites for hydroxylation is 1. The Balaban J connectivity index is 2.26. The van der Waals surface area contributed by atoms with Crippen molar-refractivity contribution in [2.45, 2.75) is 6.92 Å². The molecule has 0 aliphatic carbocycles. The van der Waals surface area contributed by atoms with Crippen LogP contribution in [0.3, 0.4) is 0 Å². The van der Waals surface area contributed by atoms with Gasteiger partial charge in [-0.15, -0.1) is 0 Å². The number of para-hydroxylation sites is 1. The molecule has 2 heterocycles. The molecule has 0 fully saturated rings. The molecule has 0 amide bonds. The first-order valence-electron chi connectivity index (χ1n) is 5.56. The summed E-state index contributed by atoms with van der Waals surface area (Å²) in [5.41, 5.74) is 8.95. The molecule has 0 aliphatic rings. The summed E-state index contributed by atoms with van der Waals surface area (Å²) >= 11 is 6.08. The van der Waals surface area contributed by atoms with E-state index in [1.54, 1.807) is 12.3 Å². The van der Waals surface area contributed by atoms with Gasteiger partial charge < -0.3 is 10.2 Å². The van der Waals surface area contributed by atoms with E-state index in [0.29, 0.717) is 27.7 Å². The highest BCUT2D eigenvalue weighted by Gasteiger charge is 2.13. The van der Waals surface area contributed by atoms with Crippen molar-refractivity contribution in [1.82, 2.24) is 4.98 Å². The van der Waals surface area contributed by atoms with E-state index in [1.807, 2.05) is 31.2 Å². The lowest BCUT2D eigenvalue weighted by molar-refractivity contribution is 0.629. The first kappa shape index (κ1) is 11.1. The number of aromatic nitrogens is 1. The number of fused-ring (bicyclic) bond motifs is 1. The van der Waals surface area contributed by atoms with Gasteiger partial charge in [0.05, 0.1) is 10.7 Å². The van der Waals surface area contributed by atoms with Gasteiger partial charge in [0.15, 0.2) is 11.3 Å². The third kappa shape index (κ3) is 1.64. The maximum Gasteiger partial charge on any atom is 0.156 e. The van der Waals surface area contributed by atoms with Gasteiger partial charge in [-0.05, 0) is 30.7 Å². The number of nitrogens with zero attached hydrogens (tertiary/aromatic N) is 1. The molecular formula is C14H11ClN2O. The second kappa shape index (κ2) is 4.03. The molecule has 0 saturated carbocycles. The fourth-order valence-corrected chi connectivity index (χ4v) is 2.13. The number of nitrogen functional groups attached to an aromatic ring is 1. The number of hydrogen-bond donors (Lipinski definition) is 1. The Morgan fingerprint density at radius 1 is 1.28 bits per heavy atom. The number of furan rings is 1. The second-order valence-corrected chi connectivity index (χ2v) is 4.57. The highest BCUT2D eigenvalue weighted by atomic mass is 35.5. The zero-order chi connectivity index (χ0) is 12.7. The summed E-state index contributed by atoms with van der Waals surface area (Å²) in [6.07, 6.45) is 1.72. The number of nitrogens with two attached hydrogens (primary N) is 1. The van der Waals surface area contributed by atoms with Crippen LogP contribution in [0.5, 0.6) is 0 Å². The summed E-state index contributed by atoms with van der Waals surface area (Å²) in [5, 5.41) is 1.53. The standard InChI is InChI=1S/C14H11ClN2O/c1-8-5-6-17-13(12(8)16)11-7-9-3-2-4-10(15)14(9)18-11/h2-7H,16H2,1H3. The third-order valence-electron chi connectivity index (χ3n) is 2.94. The normalized spacial score (nSPS) is 11.0. The molecule has 0 bridgehead atoms. The lowest BCUT2D eigenvalue weighted by atomic mass is 10.1. The van der Waals surface area contributed by atoms with Crippen molar-refractivity contribution in [3.05, 3.63) is 47.1 Å². The summed E-state index contributed by atoms with van der Waals surface area (Å²) in [6.45, 7) is 1.94. The summed E-state index contributed by atoms with van der Waals surface area (Å²) in [6, 6.07) is 9.40. The third-order valence-corrected chi connectivity index (χ3v) is 3.24. The summed E-state index contributed by atoms with van der Waals surface area (Å²) < 4.78 is 5.75. The van der Waals surface area contributed by atoms with Crippen LogP contribution in [0.15, 0.2) is 40.9 Å². The molecule has 3 nitrogen and oxygen atoms in total. The molecule has 3 aromatic rings. The van der Waals surface area contributed by atoms with E-state index in [9.17, 15) is 0 Å². The van der Waals surface area contributed by atoms with Crippen LogP contribution in [0.1, 0.15) is 5.56 Å². The molecule has 1 aromatic carbocycles. The highest BCUT2D eigenvalue weighted by Crippen LogP contribution is 2.33. The Bertz CT molecular complexity index is 734. The molecule has 0 radical (unpaired) electrons. The number of anilines is 1. The van der Waals surface area contributed by atoms with Crippen molar-refractivity contribution >= 4 is 28.3 Å². The van der Waals surface area contributed by atoms with Crippen molar-refractivity contribution in [2.75, 3.05) is 5.73 Å². The van der Waals surface area contributed by atoms with E-state index < -0.39 is 0 Å². The van der Waals surface area contributed by atoms with Crippen LogP contribution >= 0.6 is 11.6 Å². The maximum absolute atomic E-state index is 6.08. The quantitative estimate of drug-likeness (QED) is 0.717. The van der Waals surface area contributed by atoms with Gasteiger partial charge in [-0.3, -0.25) is 4.98 Å². The molecule has 90 valence electrons. The van der Waals surface area contributed by atoms with E-state index in [2.05, 4.69) is 4.98 Å². The van der Waals surface area contributed by atoms with Gasteiger partial charge in [0.1, 0.15) is 5.69 Å². The Morgan fingerprint density at radius 2 is 2.11 bits per heavy atom. The van der Waals surface area contributed by atoms with Crippen molar-refractivity contribution in [3.8, 4) is 11.5 Å². The van der Waals surface area contributed by atoms with Crippen molar-refractivity contribution in [1.29, 1.82) is 0 Å². The van der Waals surface area contributed by atoms with E-state index in [1.165, 1.54) is 0 Å². The van der Waals surface area contributed by atoms with Crippen LogP contribution < -0.4 is 5.73 Å². The largest absolute Gasteiger partial charge is 0.453 e. The lowest BCUT2D eigenvalue weighted by Crippen LogP contribution is -1.95. The first-order chi connectivity index (χ1) is 8.66. The molecule has 0 aliphatic heterocycles. The molecule has 0 unspecified atom stereocenters. The molecule has 18 heavy (non-hydrogen) atoms. The smallest absolute Gasteiger partial charge is 0.156 e.